The van der Waals surface area contributed by atoms with Crippen LogP contribution in [-0.4, -0.2) is 20.4 Å². The topological polar surface area (TPSA) is 73.8 Å². The van der Waals surface area contributed by atoms with E-state index in [9.17, 15) is 4.79 Å². The summed E-state index contributed by atoms with van der Waals surface area (Å²) in [6.45, 7) is 0.531. The third-order valence-corrected chi connectivity index (χ3v) is 1.97. The maximum Gasteiger partial charge on any atom is 0.219 e. The number of nitrogens with two attached hydrogens (primary N) is 1. The van der Waals surface area contributed by atoms with Gasteiger partial charge in [0.05, 0.1) is 6.33 Å². The van der Waals surface area contributed by atoms with Gasteiger partial charge < -0.3 is 10.3 Å². The van der Waals surface area contributed by atoms with Gasteiger partial charge in [0.25, 0.3) is 0 Å². The van der Waals surface area contributed by atoms with Gasteiger partial charge in [0.1, 0.15) is 5.52 Å². The molecule has 0 aliphatic heterocycles. The van der Waals surface area contributed by atoms with E-state index in [0.717, 1.165) is 11.2 Å². The highest BCUT2D eigenvalue weighted by molar-refractivity contribution is 5.74. The fourth-order valence-corrected chi connectivity index (χ4v) is 1.29. The molecule has 0 bridgehead atoms. The average Bonchev–Trinajstić information content (AvgIpc) is 2.58. The molecule has 0 fully saturated rings. The van der Waals surface area contributed by atoms with E-state index >= 15 is 0 Å². The number of rotatable bonds is 3. The highest BCUT2D eigenvalue weighted by Crippen LogP contribution is 2.08. The minimum Gasteiger partial charge on any atom is -0.370 e. The SMILES string of the molecule is NC(=O)CCn1cnc2cccnc21. The molecule has 0 atom stereocenters. The Balaban J connectivity index is 2.29. The summed E-state index contributed by atoms with van der Waals surface area (Å²) in [4.78, 5) is 18.9. The monoisotopic (exact) mass is 190 g/mol. The van der Waals surface area contributed by atoms with Crippen LogP contribution in [0.5, 0.6) is 0 Å². The Morgan fingerprint density at radius 1 is 1.50 bits per heavy atom. The van der Waals surface area contributed by atoms with Crippen molar-refractivity contribution in [1.29, 1.82) is 0 Å². The molecule has 0 saturated carbocycles. The van der Waals surface area contributed by atoms with Gasteiger partial charge in [-0.15, -0.1) is 0 Å². The summed E-state index contributed by atoms with van der Waals surface area (Å²) in [5.74, 6) is -0.317. The summed E-state index contributed by atoms with van der Waals surface area (Å²) in [5, 5.41) is 0. The van der Waals surface area contributed by atoms with E-state index in [0.29, 0.717) is 13.0 Å². The Labute approximate surface area is 80.6 Å². The molecular formula is C9H10N4O. The van der Waals surface area contributed by atoms with Crippen molar-refractivity contribution in [3.8, 4) is 0 Å². The molecule has 5 heteroatoms. The second-order valence-electron chi connectivity index (χ2n) is 3.00. The van der Waals surface area contributed by atoms with Gasteiger partial charge in [-0.25, -0.2) is 9.97 Å². The first-order valence-electron chi connectivity index (χ1n) is 4.31. The highest BCUT2D eigenvalue weighted by Gasteiger charge is 2.03. The van der Waals surface area contributed by atoms with Crippen LogP contribution in [0.15, 0.2) is 24.7 Å². The second-order valence-corrected chi connectivity index (χ2v) is 3.00. The standard InChI is InChI=1S/C9H10N4O/c10-8(14)3-5-13-6-12-7-2-1-4-11-9(7)13/h1-2,4,6H,3,5H2,(H2,10,14). The fraction of sp³-hybridized carbons (Fsp3) is 0.222. The quantitative estimate of drug-likeness (QED) is 0.756. The van der Waals surface area contributed by atoms with Crippen LogP contribution in [0.1, 0.15) is 6.42 Å². The minimum absolute atomic E-state index is 0.308. The molecule has 2 heterocycles. The molecule has 0 radical (unpaired) electrons. The van der Waals surface area contributed by atoms with Gasteiger partial charge in [-0.05, 0) is 12.1 Å². The van der Waals surface area contributed by atoms with E-state index in [1.807, 2.05) is 16.7 Å². The number of aromatic nitrogens is 3. The Bertz CT molecular complexity index is 463. The number of imidazole rings is 1. The molecule has 5 nitrogen and oxygen atoms in total. The lowest BCUT2D eigenvalue weighted by molar-refractivity contribution is -0.118. The normalized spacial score (nSPS) is 10.6. The largest absolute Gasteiger partial charge is 0.370 e. The number of carbonyl (C=O) groups is 1. The van der Waals surface area contributed by atoms with Gasteiger partial charge in [-0.2, -0.15) is 0 Å². The number of primary amides is 1. The Morgan fingerprint density at radius 3 is 3.14 bits per heavy atom. The number of aryl methyl sites for hydroxylation is 1. The molecular weight excluding hydrogens is 180 g/mol. The first-order chi connectivity index (χ1) is 6.77. The lowest BCUT2D eigenvalue weighted by Crippen LogP contribution is -2.13. The van der Waals surface area contributed by atoms with Crippen LogP contribution >= 0.6 is 0 Å². The van der Waals surface area contributed by atoms with Crippen LogP contribution in [-0.2, 0) is 11.3 Å². The Kier molecular flexibility index (Phi) is 2.14. The van der Waals surface area contributed by atoms with E-state index in [2.05, 4.69) is 9.97 Å². The molecule has 0 aliphatic rings. The van der Waals surface area contributed by atoms with Crippen LogP contribution in [0.2, 0.25) is 0 Å². The van der Waals surface area contributed by atoms with Crippen LogP contribution in [0.3, 0.4) is 0 Å². The number of pyridine rings is 1. The summed E-state index contributed by atoms with van der Waals surface area (Å²) < 4.78 is 1.82. The van der Waals surface area contributed by atoms with Gasteiger partial charge in [0.2, 0.25) is 5.91 Å². The van der Waals surface area contributed by atoms with E-state index in [1.54, 1.807) is 12.5 Å². The maximum atomic E-state index is 10.6. The first-order valence-corrected chi connectivity index (χ1v) is 4.31. The van der Waals surface area contributed by atoms with E-state index in [1.165, 1.54) is 0 Å². The molecule has 0 aliphatic carbocycles. The molecule has 0 saturated heterocycles. The number of nitrogens with zero attached hydrogens (tertiary/aromatic N) is 3. The van der Waals surface area contributed by atoms with Crippen molar-refractivity contribution in [3.05, 3.63) is 24.7 Å². The smallest absolute Gasteiger partial charge is 0.219 e. The third-order valence-electron chi connectivity index (χ3n) is 1.97. The van der Waals surface area contributed by atoms with Gasteiger partial charge in [-0.1, -0.05) is 0 Å². The molecule has 2 aromatic rings. The van der Waals surface area contributed by atoms with Crippen LogP contribution < -0.4 is 5.73 Å². The third kappa shape index (κ3) is 1.56. The lowest BCUT2D eigenvalue weighted by Gasteiger charge is -1.99. The first kappa shape index (κ1) is 8.68. The minimum atomic E-state index is -0.317. The molecule has 72 valence electrons. The predicted molar refractivity (Wildman–Crippen MR) is 51.3 cm³/mol. The zero-order chi connectivity index (χ0) is 9.97. The van der Waals surface area contributed by atoms with E-state index < -0.39 is 0 Å². The van der Waals surface area contributed by atoms with Gasteiger partial charge in [-0.3, -0.25) is 4.79 Å². The summed E-state index contributed by atoms with van der Waals surface area (Å²) in [6.07, 6.45) is 3.67. The van der Waals surface area contributed by atoms with Crippen molar-refractivity contribution in [3.63, 3.8) is 0 Å². The number of hydrogen-bond acceptors (Lipinski definition) is 3. The van der Waals surface area contributed by atoms with Crippen LogP contribution in [0, 0.1) is 0 Å². The summed E-state index contributed by atoms with van der Waals surface area (Å²) >= 11 is 0. The summed E-state index contributed by atoms with van der Waals surface area (Å²) in [6, 6.07) is 3.71. The average molecular weight is 190 g/mol. The summed E-state index contributed by atoms with van der Waals surface area (Å²) in [5.41, 5.74) is 6.68. The second kappa shape index (κ2) is 3.45. The zero-order valence-corrected chi connectivity index (χ0v) is 7.55. The van der Waals surface area contributed by atoms with Crippen molar-refractivity contribution in [2.75, 3.05) is 0 Å². The van der Waals surface area contributed by atoms with Crippen molar-refractivity contribution in [1.82, 2.24) is 14.5 Å². The van der Waals surface area contributed by atoms with Gasteiger partial charge >= 0.3 is 0 Å². The van der Waals surface area contributed by atoms with E-state index in [4.69, 9.17) is 5.73 Å². The maximum absolute atomic E-state index is 10.6. The van der Waals surface area contributed by atoms with Crippen molar-refractivity contribution < 1.29 is 4.79 Å². The van der Waals surface area contributed by atoms with Crippen LogP contribution in [0.4, 0.5) is 0 Å². The number of hydrogen-bond donors (Lipinski definition) is 1. The number of amides is 1. The molecule has 0 spiro atoms. The lowest BCUT2D eigenvalue weighted by atomic mass is 10.4. The fourth-order valence-electron chi connectivity index (χ4n) is 1.29. The Morgan fingerprint density at radius 2 is 2.36 bits per heavy atom. The molecule has 0 unspecified atom stereocenters. The zero-order valence-electron chi connectivity index (χ0n) is 7.55. The molecule has 0 aromatic carbocycles. The molecule has 14 heavy (non-hydrogen) atoms. The van der Waals surface area contributed by atoms with Crippen molar-refractivity contribution >= 4 is 17.1 Å². The van der Waals surface area contributed by atoms with Gasteiger partial charge in [0, 0.05) is 19.2 Å². The highest BCUT2D eigenvalue weighted by atomic mass is 16.1. The predicted octanol–water partition coefficient (Wildman–Crippen LogP) is 0.307. The summed E-state index contributed by atoms with van der Waals surface area (Å²) in [7, 11) is 0. The van der Waals surface area contributed by atoms with Crippen LogP contribution in [0.25, 0.3) is 11.2 Å². The molecule has 2 aromatic heterocycles. The molecule has 2 N–H and O–H groups in total. The molecule has 2 rings (SSSR count). The van der Waals surface area contributed by atoms with E-state index in [-0.39, 0.29) is 5.91 Å². The van der Waals surface area contributed by atoms with Crippen molar-refractivity contribution in [2.24, 2.45) is 5.73 Å². The number of fused-ring (bicyclic) bond motifs is 1. The Hall–Kier alpha value is -1.91. The van der Waals surface area contributed by atoms with Crippen molar-refractivity contribution in [2.45, 2.75) is 13.0 Å². The number of carbonyl (C=O) groups excluding carboxylic acids is 1. The molecule has 1 amide bonds. The van der Waals surface area contributed by atoms with Gasteiger partial charge in [0.15, 0.2) is 5.65 Å².